The summed E-state index contributed by atoms with van der Waals surface area (Å²) < 4.78 is 6.31. The lowest BCUT2D eigenvalue weighted by Crippen LogP contribution is -2.27. The predicted octanol–water partition coefficient (Wildman–Crippen LogP) is 3.55. The van der Waals surface area contributed by atoms with Crippen LogP contribution in [0.15, 0.2) is 34.2 Å². The largest absolute Gasteiger partial charge is 0.504 e. The Morgan fingerprint density at radius 2 is 2.29 bits per heavy atom. The van der Waals surface area contributed by atoms with Gasteiger partial charge in [0.2, 0.25) is 0 Å². The van der Waals surface area contributed by atoms with Crippen molar-refractivity contribution in [1.82, 2.24) is 4.90 Å². The molecule has 4 nitrogen and oxygen atoms in total. The number of rotatable bonds is 4. The number of phenols is 1. The highest BCUT2D eigenvalue weighted by Gasteiger charge is 2.31. The second-order valence-corrected chi connectivity index (χ2v) is 6.72. The molecule has 1 aliphatic heterocycles. The van der Waals surface area contributed by atoms with Gasteiger partial charge in [-0.25, -0.2) is 0 Å². The van der Waals surface area contributed by atoms with Crippen LogP contribution in [-0.4, -0.2) is 33.9 Å². The number of halogens is 1. The summed E-state index contributed by atoms with van der Waals surface area (Å²) in [5.74, 6) is 0.120. The molecule has 0 atom stereocenters. The van der Waals surface area contributed by atoms with Gasteiger partial charge in [-0.1, -0.05) is 46.0 Å². The number of thiocarbonyl (C=S) groups is 1. The Labute approximate surface area is 140 Å². The van der Waals surface area contributed by atoms with Crippen molar-refractivity contribution in [3.05, 3.63) is 39.7 Å². The van der Waals surface area contributed by atoms with Crippen molar-refractivity contribution in [2.75, 3.05) is 13.7 Å². The van der Waals surface area contributed by atoms with Crippen LogP contribution >= 0.6 is 39.9 Å². The minimum atomic E-state index is -0.191. The van der Waals surface area contributed by atoms with Crippen LogP contribution in [0.4, 0.5) is 0 Å². The predicted molar refractivity (Wildman–Crippen MR) is 92.4 cm³/mol. The summed E-state index contributed by atoms with van der Waals surface area (Å²) >= 11 is 9.70. The molecule has 21 heavy (non-hydrogen) atoms. The number of benzene rings is 1. The van der Waals surface area contributed by atoms with Crippen LogP contribution in [0.3, 0.4) is 0 Å². The SMILES string of the molecule is C=CCN1C(=O)/C(=C/c2cc(Br)cc(OC)c2O)SC1=S. The first-order valence-electron chi connectivity index (χ1n) is 5.90. The van der Waals surface area contributed by atoms with Gasteiger partial charge in [0, 0.05) is 16.6 Å². The van der Waals surface area contributed by atoms with E-state index in [-0.39, 0.29) is 11.7 Å². The van der Waals surface area contributed by atoms with E-state index in [0.717, 1.165) is 4.47 Å². The summed E-state index contributed by atoms with van der Waals surface area (Å²) in [6.07, 6.45) is 3.22. The van der Waals surface area contributed by atoms with E-state index >= 15 is 0 Å². The quantitative estimate of drug-likeness (QED) is 0.487. The fourth-order valence-electron chi connectivity index (χ4n) is 1.79. The summed E-state index contributed by atoms with van der Waals surface area (Å²) in [4.78, 5) is 14.2. The molecular weight excluding hydrogens is 374 g/mol. The lowest BCUT2D eigenvalue weighted by atomic mass is 10.1. The van der Waals surface area contributed by atoms with Gasteiger partial charge in [0.05, 0.1) is 12.0 Å². The van der Waals surface area contributed by atoms with Gasteiger partial charge in [-0.3, -0.25) is 9.69 Å². The summed E-state index contributed by atoms with van der Waals surface area (Å²) in [5.41, 5.74) is 0.486. The zero-order valence-corrected chi connectivity index (χ0v) is 14.3. The number of hydrogen-bond donors (Lipinski definition) is 1. The molecule has 0 radical (unpaired) electrons. The molecule has 1 aliphatic rings. The monoisotopic (exact) mass is 385 g/mol. The highest BCUT2D eigenvalue weighted by Crippen LogP contribution is 2.38. The highest BCUT2D eigenvalue weighted by molar-refractivity contribution is 9.10. The van der Waals surface area contributed by atoms with Gasteiger partial charge in [-0.05, 0) is 18.2 Å². The Morgan fingerprint density at radius 3 is 2.90 bits per heavy atom. The number of hydrogen-bond acceptors (Lipinski definition) is 5. The number of thioether (sulfide) groups is 1. The molecule has 1 amide bonds. The van der Waals surface area contributed by atoms with E-state index in [1.807, 2.05) is 0 Å². The van der Waals surface area contributed by atoms with Crippen molar-refractivity contribution in [2.24, 2.45) is 0 Å². The number of amides is 1. The van der Waals surface area contributed by atoms with Crippen molar-refractivity contribution in [3.63, 3.8) is 0 Å². The first kappa shape index (κ1) is 16.1. The molecule has 2 rings (SSSR count). The molecule has 0 saturated carbocycles. The smallest absolute Gasteiger partial charge is 0.266 e. The third-order valence-electron chi connectivity index (χ3n) is 2.76. The zero-order chi connectivity index (χ0) is 15.6. The fraction of sp³-hybridized carbons (Fsp3) is 0.143. The second kappa shape index (κ2) is 6.64. The van der Waals surface area contributed by atoms with Crippen LogP contribution in [0.5, 0.6) is 11.5 Å². The summed E-state index contributed by atoms with van der Waals surface area (Å²) in [7, 11) is 1.47. The topological polar surface area (TPSA) is 49.8 Å². The standard InChI is InChI=1S/C14H12BrNO3S2/c1-3-4-16-13(18)11(21-14(16)20)6-8-5-9(15)7-10(19-2)12(8)17/h3,5-7,17H,1,4H2,2H3/b11-6-. The Kier molecular flexibility index (Phi) is 5.08. The number of methoxy groups -OCH3 is 1. The average Bonchev–Trinajstić information content (AvgIpc) is 2.70. The minimum Gasteiger partial charge on any atom is -0.504 e. The molecule has 0 bridgehead atoms. The van der Waals surface area contributed by atoms with Crippen molar-refractivity contribution < 1.29 is 14.6 Å². The average molecular weight is 386 g/mol. The Bertz CT molecular complexity index is 658. The van der Waals surface area contributed by atoms with Crippen molar-refractivity contribution in [2.45, 2.75) is 0 Å². The van der Waals surface area contributed by atoms with E-state index in [9.17, 15) is 9.90 Å². The number of nitrogens with zero attached hydrogens (tertiary/aromatic N) is 1. The molecule has 1 N–H and O–H groups in total. The lowest BCUT2D eigenvalue weighted by Gasteiger charge is -2.10. The molecule has 0 aromatic heterocycles. The van der Waals surface area contributed by atoms with Crippen LogP contribution < -0.4 is 4.74 Å². The number of phenolic OH excluding ortho intramolecular Hbond substituents is 1. The molecular formula is C14H12BrNO3S2. The van der Waals surface area contributed by atoms with Crippen LogP contribution in [-0.2, 0) is 4.79 Å². The fourth-order valence-corrected chi connectivity index (χ4v) is 3.51. The molecule has 1 aromatic carbocycles. The van der Waals surface area contributed by atoms with Crippen molar-refractivity contribution in [3.8, 4) is 11.5 Å². The zero-order valence-electron chi connectivity index (χ0n) is 11.1. The molecule has 7 heteroatoms. The second-order valence-electron chi connectivity index (χ2n) is 4.13. The van der Waals surface area contributed by atoms with Crippen molar-refractivity contribution >= 4 is 56.2 Å². The van der Waals surface area contributed by atoms with Gasteiger partial charge in [-0.2, -0.15) is 0 Å². The Balaban J connectivity index is 2.41. The molecule has 1 aromatic rings. The lowest BCUT2D eigenvalue weighted by molar-refractivity contribution is -0.121. The van der Waals surface area contributed by atoms with Crippen molar-refractivity contribution in [1.29, 1.82) is 0 Å². The first-order valence-corrected chi connectivity index (χ1v) is 7.92. The van der Waals surface area contributed by atoms with E-state index in [1.165, 1.54) is 23.8 Å². The van der Waals surface area contributed by atoms with Gasteiger partial charge < -0.3 is 9.84 Å². The molecule has 1 fully saturated rings. The Morgan fingerprint density at radius 1 is 1.57 bits per heavy atom. The van der Waals surface area contributed by atoms with Gasteiger partial charge in [0.25, 0.3) is 5.91 Å². The molecule has 1 heterocycles. The maximum Gasteiger partial charge on any atom is 0.266 e. The van der Waals surface area contributed by atoms with Gasteiger partial charge in [0.1, 0.15) is 4.32 Å². The van der Waals surface area contributed by atoms with E-state index < -0.39 is 0 Å². The molecule has 0 unspecified atom stereocenters. The number of carbonyl (C=O) groups is 1. The molecule has 110 valence electrons. The van der Waals surface area contributed by atoms with Crippen LogP contribution in [0.1, 0.15) is 5.56 Å². The molecule has 1 saturated heterocycles. The maximum absolute atomic E-state index is 12.2. The normalized spacial score (nSPS) is 16.7. The highest BCUT2D eigenvalue weighted by atomic mass is 79.9. The van der Waals surface area contributed by atoms with E-state index in [4.69, 9.17) is 17.0 Å². The van der Waals surface area contributed by atoms with Gasteiger partial charge in [0.15, 0.2) is 11.5 Å². The molecule has 0 spiro atoms. The van der Waals surface area contributed by atoms with Crippen LogP contribution in [0.25, 0.3) is 6.08 Å². The minimum absolute atomic E-state index is 0.0188. The van der Waals surface area contributed by atoms with Gasteiger partial charge >= 0.3 is 0 Å². The van der Waals surface area contributed by atoms with E-state index in [1.54, 1.807) is 24.3 Å². The van der Waals surface area contributed by atoms with Gasteiger partial charge in [-0.15, -0.1) is 6.58 Å². The number of carbonyl (C=O) groups excluding carboxylic acids is 1. The Hall–Kier alpha value is -1.31. The number of ether oxygens (including phenoxy) is 1. The van der Waals surface area contributed by atoms with Crippen LogP contribution in [0, 0.1) is 0 Å². The summed E-state index contributed by atoms with van der Waals surface area (Å²) in [6.45, 7) is 3.98. The summed E-state index contributed by atoms with van der Waals surface area (Å²) in [5, 5.41) is 10.1. The van der Waals surface area contributed by atoms with Crippen LogP contribution in [0.2, 0.25) is 0 Å². The van der Waals surface area contributed by atoms with E-state index in [2.05, 4.69) is 22.5 Å². The van der Waals surface area contributed by atoms with E-state index in [0.29, 0.717) is 27.1 Å². The summed E-state index contributed by atoms with van der Waals surface area (Å²) in [6, 6.07) is 3.35. The third-order valence-corrected chi connectivity index (χ3v) is 4.60. The number of aromatic hydroxyl groups is 1. The first-order chi connectivity index (χ1) is 9.97. The third kappa shape index (κ3) is 3.30. The molecule has 0 aliphatic carbocycles. The maximum atomic E-state index is 12.2.